The Labute approximate surface area is 106 Å². The smallest absolute Gasteiger partial charge is 0.224 e. The highest BCUT2D eigenvalue weighted by Gasteiger charge is 2.12. The van der Waals surface area contributed by atoms with Gasteiger partial charge in [0.05, 0.1) is 0 Å². The predicted octanol–water partition coefficient (Wildman–Crippen LogP) is 4.04. The number of benzene rings is 1. The van der Waals surface area contributed by atoms with Crippen molar-refractivity contribution in [2.45, 2.75) is 40.0 Å². The monoisotopic (exact) mass is 255 g/mol. The molecule has 1 aliphatic rings. The Balaban J connectivity index is 0.000000341. The third-order valence-corrected chi connectivity index (χ3v) is 2.73. The molecule has 2 rings (SSSR count). The molecule has 100 valence electrons. The molecule has 2 nitrogen and oxygen atoms in total. The molecule has 0 atom stereocenters. The summed E-state index contributed by atoms with van der Waals surface area (Å²) < 4.78 is 25.5. The van der Waals surface area contributed by atoms with Gasteiger partial charge >= 0.3 is 0 Å². The van der Waals surface area contributed by atoms with Crippen LogP contribution in [0.4, 0.5) is 14.5 Å². The summed E-state index contributed by atoms with van der Waals surface area (Å²) in [6, 6.07) is 2.04. The van der Waals surface area contributed by atoms with E-state index < -0.39 is 11.6 Å². The molecule has 0 radical (unpaired) electrons. The van der Waals surface area contributed by atoms with Crippen LogP contribution in [0.25, 0.3) is 0 Å². The van der Waals surface area contributed by atoms with Gasteiger partial charge in [-0.15, -0.1) is 0 Å². The summed E-state index contributed by atoms with van der Waals surface area (Å²) in [5, 5.41) is 2.48. The van der Waals surface area contributed by atoms with Gasteiger partial charge in [0.15, 0.2) is 11.6 Å². The van der Waals surface area contributed by atoms with Crippen molar-refractivity contribution >= 4 is 11.6 Å². The number of nitrogens with one attached hydrogen (secondary N) is 1. The Bertz CT molecular complexity index is 428. The van der Waals surface area contributed by atoms with E-state index in [9.17, 15) is 13.6 Å². The molecule has 18 heavy (non-hydrogen) atoms. The van der Waals surface area contributed by atoms with Crippen LogP contribution in [0.2, 0.25) is 0 Å². The first-order valence-corrected chi connectivity index (χ1v) is 6.19. The van der Waals surface area contributed by atoms with E-state index in [1.807, 2.05) is 0 Å². The number of rotatable bonds is 2. The van der Waals surface area contributed by atoms with Crippen molar-refractivity contribution in [2.75, 3.05) is 5.32 Å². The van der Waals surface area contributed by atoms with Gasteiger partial charge in [-0.2, -0.15) is 0 Å². The van der Waals surface area contributed by atoms with Crippen molar-refractivity contribution in [3.05, 3.63) is 29.3 Å². The minimum Gasteiger partial charge on any atom is -0.326 e. The van der Waals surface area contributed by atoms with Crippen LogP contribution in [0.3, 0.4) is 0 Å². The summed E-state index contributed by atoms with van der Waals surface area (Å²) in [6.07, 6.45) is 3.28. The second-order valence-corrected chi connectivity index (χ2v) is 4.67. The third kappa shape index (κ3) is 4.82. The molecular weight excluding hydrogens is 236 g/mol. The maximum absolute atomic E-state index is 12.8. The summed E-state index contributed by atoms with van der Waals surface area (Å²) in [5.41, 5.74) is 0.821. The molecule has 1 fully saturated rings. The average molecular weight is 255 g/mol. The maximum atomic E-state index is 12.8. The van der Waals surface area contributed by atoms with E-state index >= 15 is 0 Å². The first kappa shape index (κ1) is 14.6. The van der Waals surface area contributed by atoms with Gasteiger partial charge in [0.25, 0.3) is 0 Å². The van der Waals surface area contributed by atoms with Crippen LogP contribution in [0.1, 0.15) is 38.7 Å². The Morgan fingerprint density at radius 1 is 1.33 bits per heavy atom. The van der Waals surface area contributed by atoms with Gasteiger partial charge < -0.3 is 5.32 Å². The number of halogens is 2. The van der Waals surface area contributed by atoms with Crippen molar-refractivity contribution in [1.82, 2.24) is 0 Å². The fourth-order valence-electron chi connectivity index (χ4n) is 1.19. The summed E-state index contributed by atoms with van der Waals surface area (Å²) >= 11 is 0. The van der Waals surface area contributed by atoms with Crippen molar-refractivity contribution < 1.29 is 13.6 Å². The second kappa shape index (κ2) is 6.47. The molecule has 0 spiro atoms. The zero-order chi connectivity index (χ0) is 13.7. The molecular formula is C14H19F2NO. The number of hydrogen-bond acceptors (Lipinski definition) is 1. The summed E-state index contributed by atoms with van der Waals surface area (Å²) in [4.78, 5) is 11.0. The lowest BCUT2D eigenvalue weighted by Gasteiger charge is -2.07. The van der Waals surface area contributed by atoms with Gasteiger partial charge in [-0.1, -0.05) is 26.7 Å². The summed E-state index contributed by atoms with van der Waals surface area (Å²) in [6.45, 7) is 5.57. The first-order valence-electron chi connectivity index (χ1n) is 6.19. The molecule has 1 amide bonds. The lowest BCUT2D eigenvalue weighted by atomic mass is 10.2. The van der Waals surface area contributed by atoms with Crippen molar-refractivity contribution in [2.24, 2.45) is 5.92 Å². The van der Waals surface area contributed by atoms with E-state index in [1.54, 1.807) is 13.8 Å². The van der Waals surface area contributed by atoms with Crippen LogP contribution in [-0.4, -0.2) is 5.91 Å². The normalized spacial score (nSPS) is 13.6. The average Bonchev–Trinajstić information content (AvgIpc) is 3.09. The molecule has 0 aliphatic heterocycles. The summed E-state index contributed by atoms with van der Waals surface area (Å²) in [5.74, 6) is -1.00. The molecule has 0 saturated heterocycles. The highest BCUT2D eigenvalue weighted by molar-refractivity contribution is 5.91. The van der Waals surface area contributed by atoms with Gasteiger partial charge in [0.2, 0.25) is 5.91 Å². The van der Waals surface area contributed by atoms with E-state index in [2.05, 4.69) is 12.2 Å². The molecule has 0 unspecified atom stereocenters. The van der Waals surface area contributed by atoms with Crippen molar-refractivity contribution in [1.29, 1.82) is 0 Å². The molecule has 1 aliphatic carbocycles. The quantitative estimate of drug-likeness (QED) is 0.849. The number of carbonyl (C=O) groups is 1. The summed E-state index contributed by atoms with van der Waals surface area (Å²) in [7, 11) is 0. The molecule has 1 aromatic carbocycles. The maximum Gasteiger partial charge on any atom is 0.224 e. The lowest BCUT2D eigenvalue weighted by molar-refractivity contribution is -0.115. The Kier molecular flexibility index (Phi) is 5.25. The van der Waals surface area contributed by atoms with Gasteiger partial charge in [-0.25, -0.2) is 8.78 Å². The molecule has 1 aromatic rings. The van der Waals surface area contributed by atoms with Crippen molar-refractivity contribution in [3.63, 3.8) is 0 Å². The van der Waals surface area contributed by atoms with E-state index in [4.69, 9.17) is 0 Å². The number of anilines is 1. The van der Waals surface area contributed by atoms with Crippen LogP contribution in [-0.2, 0) is 4.79 Å². The highest BCUT2D eigenvalue weighted by Crippen LogP contribution is 2.26. The number of hydrogen-bond donors (Lipinski definition) is 1. The van der Waals surface area contributed by atoms with Gasteiger partial charge in [-0.05, 0) is 24.5 Å². The molecule has 1 saturated carbocycles. The molecule has 4 heteroatoms. The van der Waals surface area contributed by atoms with E-state index in [0.717, 1.165) is 18.1 Å². The molecule has 1 N–H and O–H groups in total. The number of aryl methyl sites for hydroxylation is 1. The fraction of sp³-hybridized carbons (Fsp3) is 0.500. The largest absolute Gasteiger partial charge is 0.326 e. The third-order valence-electron chi connectivity index (χ3n) is 2.73. The lowest BCUT2D eigenvalue weighted by Crippen LogP contribution is -2.11. The minimum atomic E-state index is -0.956. The van der Waals surface area contributed by atoms with E-state index in [-0.39, 0.29) is 5.91 Å². The standard InChI is InChI=1S/C10H11F2NO.C4H8/c1-3-10(14)13-9-5-8(12)7(11)4-6(9)2;1-4-2-3-4/h4-5H,3H2,1-2H3,(H,13,14);4H,2-3H2,1H3. The SMILES string of the molecule is CC1CC1.CCC(=O)Nc1cc(F)c(F)cc1C. The van der Waals surface area contributed by atoms with E-state index in [1.165, 1.54) is 12.8 Å². The topological polar surface area (TPSA) is 29.1 Å². The Morgan fingerprint density at radius 2 is 1.83 bits per heavy atom. The molecule has 0 bridgehead atoms. The number of carbonyl (C=O) groups excluding carboxylic acids is 1. The van der Waals surface area contributed by atoms with Crippen LogP contribution >= 0.6 is 0 Å². The fourth-order valence-corrected chi connectivity index (χ4v) is 1.19. The predicted molar refractivity (Wildman–Crippen MR) is 68.4 cm³/mol. The van der Waals surface area contributed by atoms with Crippen LogP contribution in [0.5, 0.6) is 0 Å². The zero-order valence-corrected chi connectivity index (χ0v) is 11.0. The van der Waals surface area contributed by atoms with Crippen LogP contribution < -0.4 is 5.32 Å². The minimum absolute atomic E-state index is 0.223. The highest BCUT2D eigenvalue weighted by atomic mass is 19.2. The molecule has 0 heterocycles. The van der Waals surface area contributed by atoms with Crippen LogP contribution in [0.15, 0.2) is 12.1 Å². The Hall–Kier alpha value is -1.45. The zero-order valence-electron chi connectivity index (χ0n) is 11.0. The van der Waals surface area contributed by atoms with Crippen LogP contribution in [0, 0.1) is 24.5 Å². The number of amides is 1. The molecule has 0 aromatic heterocycles. The van der Waals surface area contributed by atoms with Gasteiger partial charge in [-0.3, -0.25) is 4.79 Å². The first-order chi connectivity index (χ1) is 8.43. The Morgan fingerprint density at radius 3 is 2.28 bits per heavy atom. The van der Waals surface area contributed by atoms with Gasteiger partial charge in [0, 0.05) is 18.2 Å². The van der Waals surface area contributed by atoms with Crippen molar-refractivity contribution in [3.8, 4) is 0 Å². The van der Waals surface area contributed by atoms with E-state index in [0.29, 0.717) is 17.7 Å². The second-order valence-electron chi connectivity index (χ2n) is 4.67. The van der Waals surface area contributed by atoms with Gasteiger partial charge in [0.1, 0.15) is 0 Å².